The molecule has 17 heavy (non-hydrogen) atoms. The van der Waals surface area contributed by atoms with E-state index in [0.29, 0.717) is 6.04 Å². The molecule has 0 bridgehead atoms. The molecule has 1 aliphatic rings. The van der Waals surface area contributed by atoms with Crippen molar-refractivity contribution in [2.24, 2.45) is 7.05 Å². The van der Waals surface area contributed by atoms with E-state index in [2.05, 4.69) is 22.5 Å². The van der Waals surface area contributed by atoms with Gasteiger partial charge in [-0.15, -0.1) is 0 Å². The van der Waals surface area contributed by atoms with Crippen molar-refractivity contribution in [3.63, 3.8) is 0 Å². The van der Waals surface area contributed by atoms with Crippen LogP contribution in [0.5, 0.6) is 0 Å². The molecule has 1 aromatic heterocycles. The fraction of sp³-hybridized carbons (Fsp3) is 0.308. The van der Waals surface area contributed by atoms with Gasteiger partial charge in [0.25, 0.3) is 0 Å². The number of nitrogens with one attached hydrogen (secondary N) is 1. The molecule has 1 aromatic carbocycles. The lowest BCUT2D eigenvalue weighted by Gasteiger charge is -2.13. The number of fused-ring (bicyclic) bond motifs is 1. The maximum absolute atomic E-state index is 5.80. The van der Waals surface area contributed by atoms with Crippen LogP contribution in [0.4, 0.5) is 11.5 Å². The molecule has 0 saturated carbocycles. The predicted octanol–water partition coefficient (Wildman–Crippen LogP) is 2.10. The Morgan fingerprint density at radius 1 is 1.41 bits per heavy atom. The summed E-state index contributed by atoms with van der Waals surface area (Å²) in [6, 6.07) is 8.53. The number of anilines is 2. The van der Waals surface area contributed by atoms with Gasteiger partial charge in [-0.1, -0.05) is 6.07 Å². The monoisotopic (exact) mass is 228 g/mol. The minimum absolute atomic E-state index is 0.362. The molecule has 0 spiro atoms. The molecule has 1 unspecified atom stereocenters. The van der Waals surface area contributed by atoms with Gasteiger partial charge in [0.05, 0.1) is 6.04 Å². The van der Waals surface area contributed by atoms with Gasteiger partial charge in [-0.3, -0.25) is 4.68 Å². The normalized spacial score (nSPS) is 18.1. The van der Waals surface area contributed by atoms with Crippen molar-refractivity contribution in [2.75, 3.05) is 11.1 Å². The van der Waals surface area contributed by atoms with Gasteiger partial charge in [0.2, 0.25) is 0 Å². The molecule has 0 aliphatic heterocycles. The predicted molar refractivity (Wildman–Crippen MR) is 68.7 cm³/mol. The fourth-order valence-electron chi connectivity index (χ4n) is 2.46. The second kappa shape index (κ2) is 3.80. The number of nitrogens with zero attached hydrogens (tertiary/aromatic N) is 2. The summed E-state index contributed by atoms with van der Waals surface area (Å²) in [5.74, 6) is 0.933. The first kappa shape index (κ1) is 10.2. The van der Waals surface area contributed by atoms with Crippen LogP contribution in [0.1, 0.15) is 23.6 Å². The molecule has 1 atom stereocenters. The van der Waals surface area contributed by atoms with Gasteiger partial charge in [0.15, 0.2) is 0 Å². The summed E-state index contributed by atoms with van der Waals surface area (Å²) in [6.07, 6.45) is 4.14. The minimum atomic E-state index is 0.362. The molecule has 1 aliphatic carbocycles. The number of hydrogen-bond acceptors (Lipinski definition) is 3. The summed E-state index contributed by atoms with van der Waals surface area (Å²) in [5.41, 5.74) is 9.36. The summed E-state index contributed by atoms with van der Waals surface area (Å²) in [6.45, 7) is 0. The van der Waals surface area contributed by atoms with E-state index >= 15 is 0 Å². The van der Waals surface area contributed by atoms with Gasteiger partial charge in [0, 0.05) is 25.0 Å². The number of rotatable bonds is 2. The third kappa shape index (κ3) is 1.86. The van der Waals surface area contributed by atoms with Crippen LogP contribution in [0.2, 0.25) is 0 Å². The molecular weight excluding hydrogens is 212 g/mol. The maximum Gasteiger partial charge on any atom is 0.148 e. The topological polar surface area (TPSA) is 55.9 Å². The van der Waals surface area contributed by atoms with Gasteiger partial charge in [-0.25, -0.2) is 0 Å². The van der Waals surface area contributed by atoms with Gasteiger partial charge < -0.3 is 11.1 Å². The van der Waals surface area contributed by atoms with Crippen LogP contribution in [0.25, 0.3) is 0 Å². The van der Waals surface area contributed by atoms with Gasteiger partial charge in [0.1, 0.15) is 5.82 Å². The zero-order valence-corrected chi connectivity index (χ0v) is 9.85. The molecule has 1 heterocycles. The first-order valence-corrected chi connectivity index (χ1v) is 5.87. The van der Waals surface area contributed by atoms with Crippen molar-refractivity contribution in [3.8, 4) is 0 Å². The molecule has 0 radical (unpaired) electrons. The second-order valence-corrected chi connectivity index (χ2v) is 4.57. The Labute approximate surface area is 100 Å². The van der Waals surface area contributed by atoms with E-state index in [0.717, 1.165) is 24.3 Å². The lowest BCUT2D eigenvalue weighted by atomic mass is 10.1. The number of nitrogens with two attached hydrogens (primary N) is 1. The largest absolute Gasteiger partial charge is 0.399 e. The third-order valence-electron chi connectivity index (χ3n) is 3.28. The van der Waals surface area contributed by atoms with Crippen LogP contribution in [0.3, 0.4) is 0 Å². The first-order chi connectivity index (χ1) is 8.22. The van der Waals surface area contributed by atoms with E-state index in [1.807, 2.05) is 25.4 Å². The number of hydrogen-bond donors (Lipinski definition) is 2. The van der Waals surface area contributed by atoms with Crippen LogP contribution in [0, 0.1) is 0 Å². The summed E-state index contributed by atoms with van der Waals surface area (Å²) in [5, 5.41) is 7.81. The van der Waals surface area contributed by atoms with Crippen molar-refractivity contribution in [1.82, 2.24) is 9.78 Å². The smallest absolute Gasteiger partial charge is 0.148 e. The molecule has 0 fully saturated rings. The molecule has 3 N–H and O–H groups in total. The Bertz CT molecular complexity index is 544. The summed E-state index contributed by atoms with van der Waals surface area (Å²) in [4.78, 5) is 0. The van der Waals surface area contributed by atoms with Crippen molar-refractivity contribution in [3.05, 3.63) is 41.6 Å². The zero-order valence-electron chi connectivity index (χ0n) is 9.85. The lowest BCUT2D eigenvalue weighted by Crippen LogP contribution is -2.08. The molecule has 3 rings (SSSR count). The first-order valence-electron chi connectivity index (χ1n) is 5.87. The van der Waals surface area contributed by atoms with Crippen molar-refractivity contribution < 1.29 is 0 Å². The van der Waals surface area contributed by atoms with E-state index in [-0.39, 0.29) is 0 Å². The molecule has 0 amide bonds. The average Bonchev–Trinajstić information content (AvgIpc) is 2.86. The van der Waals surface area contributed by atoms with Crippen molar-refractivity contribution in [1.29, 1.82) is 0 Å². The SMILES string of the molecule is Cn1ccc(NC2CCc3cc(N)ccc32)n1. The standard InChI is InChI=1S/C13H16N4/c1-17-7-6-13(16-17)15-12-5-2-9-8-10(14)3-4-11(9)12/h3-4,6-8,12H,2,5,14H2,1H3,(H,15,16). The maximum atomic E-state index is 5.80. The molecule has 88 valence electrons. The van der Waals surface area contributed by atoms with Crippen LogP contribution in [-0.2, 0) is 13.5 Å². The molecule has 0 saturated heterocycles. The van der Waals surface area contributed by atoms with E-state index in [1.165, 1.54) is 11.1 Å². The zero-order chi connectivity index (χ0) is 11.8. The third-order valence-corrected chi connectivity index (χ3v) is 3.28. The van der Waals surface area contributed by atoms with E-state index in [4.69, 9.17) is 5.73 Å². The van der Waals surface area contributed by atoms with Crippen LogP contribution >= 0.6 is 0 Å². The fourth-order valence-corrected chi connectivity index (χ4v) is 2.46. The molecule has 4 nitrogen and oxygen atoms in total. The van der Waals surface area contributed by atoms with Gasteiger partial charge in [-0.2, -0.15) is 5.10 Å². The van der Waals surface area contributed by atoms with E-state index < -0.39 is 0 Å². The molecule has 2 aromatic rings. The number of aryl methyl sites for hydroxylation is 2. The number of aromatic nitrogens is 2. The Morgan fingerprint density at radius 2 is 2.29 bits per heavy atom. The minimum Gasteiger partial charge on any atom is -0.399 e. The Balaban J connectivity index is 1.84. The second-order valence-electron chi connectivity index (χ2n) is 4.57. The summed E-state index contributed by atoms with van der Waals surface area (Å²) < 4.78 is 1.81. The highest BCUT2D eigenvalue weighted by Crippen LogP contribution is 2.34. The number of benzene rings is 1. The van der Waals surface area contributed by atoms with Crippen LogP contribution < -0.4 is 11.1 Å². The van der Waals surface area contributed by atoms with Crippen molar-refractivity contribution in [2.45, 2.75) is 18.9 Å². The highest BCUT2D eigenvalue weighted by atomic mass is 15.3. The molecule has 4 heteroatoms. The Kier molecular flexibility index (Phi) is 2.28. The average molecular weight is 228 g/mol. The van der Waals surface area contributed by atoms with Gasteiger partial charge in [-0.05, 0) is 36.1 Å². The van der Waals surface area contributed by atoms with Gasteiger partial charge >= 0.3 is 0 Å². The lowest BCUT2D eigenvalue weighted by molar-refractivity contribution is 0.733. The summed E-state index contributed by atoms with van der Waals surface area (Å²) in [7, 11) is 1.93. The summed E-state index contributed by atoms with van der Waals surface area (Å²) >= 11 is 0. The highest BCUT2D eigenvalue weighted by molar-refractivity contribution is 5.50. The molecular formula is C13H16N4. The number of nitrogen functional groups attached to an aromatic ring is 1. The quantitative estimate of drug-likeness (QED) is 0.774. The Hall–Kier alpha value is -1.97. The van der Waals surface area contributed by atoms with E-state index in [9.17, 15) is 0 Å². The Morgan fingerprint density at radius 3 is 3.06 bits per heavy atom. The van der Waals surface area contributed by atoms with E-state index in [1.54, 1.807) is 4.68 Å². The van der Waals surface area contributed by atoms with Crippen LogP contribution in [-0.4, -0.2) is 9.78 Å². The van der Waals surface area contributed by atoms with Crippen molar-refractivity contribution >= 4 is 11.5 Å². The highest BCUT2D eigenvalue weighted by Gasteiger charge is 2.22. The van der Waals surface area contributed by atoms with Crippen LogP contribution in [0.15, 0.2) is 30.5 Å².